The molecule has 0 bridgehead atoms. The molecule has 0 saturated heterocycles. The van der Waals surface area contributed by atoms with Crippen molar-refractivity contribution in [2.45, 2.75) is 69.2 Å². The first-order chi connectivity index (χ1) is 33.9. The molecule has 0 amide bonds. The maximum Gasteiger partial charge on any atom is 0.227 e. The lowest BCUT2D eigenvalue weighted by atomic mass is 10.1. The number of nitrogens with zero attached hydrogens (tertiary/aromatic N) is 6. The van der Waals surface area contributed by atoms with Gasteiger partial charge in [-0.05, 0) is 115 Å². The predicted molar refractivity (Wildman–Crippen MR) is 287 cm³/mol. The van der Waals surface area contributed by atoms with Crippen molar-refractivity contribution >= 4 is 66.6 Å². The maximum atomic E-state index is 13.4. The maximum absolute atomic E-state index is 13.4. The SMILES string of the molecule is CC.CCOc1nc(C)cc2c1c(=O)cc(Nc1ccc(C)cc1C)n2-c1ccc(C)cc1C.CCOc1nc(C)cc2c1c(=O)cc(Nc1cnc3ccccc3c1)n2-c1cnc2ccccc2c1. The zero-order valence-electron chi connectivity index (χ0n) is 41.4. The average molecular weight is 931 g/mol. The van der Waals surface area contributed by atoms with Crippen LogP contribution in [0.25, 0.3) is 55.0 Å². The molecule has 0 aliphatic carbocycles. The van der Waals surface area contributed by atoms with Gasteiger partial charge in [0.05, 0.1) is 64.7 Å². The van der Waals surface area contributed by atoms with Gasteiger partial charge in [-0.3, -0.25) is 28.7 Å². The van der Waals surface area contributed by atoms with Crippen LogP contribution in [0.1, 0.15) is 61.3 Å². The lowest BCUT2D eigenvalue weighted by molar-refractivity contribution is 0.330. The Bertz CT molecular complexity index is 3690. The number of fused-ring (bicyclic) bond motifs is 4. The number of pyridine rings is 6. The van der Waals surface area contributed by atoms with Gasteiger partial charge in [-0.25, -0.2) is 9.97 Å². The van der Waals surface area contributed by atoms with Crippen molar-refractivity contribution in [2.24, 2.45) is 0 Å². The van der Waals surface area contributed by atoms with E-state index in [1.807, 2.05) is 119 Å². The topological polar surface area (TPSA) is 138 Å². The van der Waals surface area contributed by atoms with Crippen molar-refractivity contribution in [3.05, 3.63) is 188 Å². The Kier molecular flexibility index (Phi) is 14.3. The number of aryl methyl sites for hydroxylation is 6. The largest absolute Gasteiger partial charge is 0.477 e. The smallest absolute Gasteiger partial charge is 0.227 e. The third-order valence-electron chi connectivity index (χ3n) is 11.7. The molecule has 0 aliphatic rings. The summed E-state index contributed by atoms with van der Waals surface area (Å²) in [4.78, 5) is 44.9. The van der Waals surface area contributed by atoms with Crippen LogP contribution >= 0.6 is 0 Å². The number of benzene rings is 4. The molecule has 0 saturated carbocycles. The highest BCUT2D eigenvalue weighted by Crippen LogP contribution is 2.33. The fourth-order valence-electron chi connectivity index (χ4n) is 8.67. The Morgan fingerprint density at radius 1 is 0.529 bits per heavy atom. The van der Waals surface area contributed by atoms with Gasteiger partial charge in [-0.2, -0.15) is 0 Å². The second-order valence-corrected chi connectivity index (χ2v) is 16.9. The summed E-state index contributed by atoms with van der Waals surface area (Å²) in [5, 5.41) is 9.86. The van der Waals surface area contributed by atoms with Gasteiger partial charge in [-0.1, -0.05) is 85.6 Å². The molecule has 0 unspecified atom stereocenters. The molecule has 0 spiro atoms. The van der Waals surface area contributed by atoms with E-state index in [4.69, 9.17) is 9.47 Å². The summed E-state index contributed by atoms with van der Waals surface area (Å²) < 4.78 is 15.6. The minimum Gasteiger partial charge on any atom is -0.477 e. The Morgan fingerprint density at radius 2 is 1.04 bits per heavy atom. The molecular formula is C58H58N8O4. The van der Waals surface area contributed by atoms with E-state index in [1.54, 1.807) is 18.3 Å². The average Bonchev–Trinajstić information content (AvgIpc) is 3.33. The molecule has 354 valence electrons. The Balaban J connectivity index is 0.000000183. The fourth-order valence-corrected chi connectivity index (χ4v) is 8.67. The number of hydrogen-bond acceptors (Lipinski definition) is 10. The van der Waals surface area contributed by atoms with Crippen LogP contribution in [0.5, 0.6) is 11.8 Å². The van der Waals surface area contributed by atoms with Crippen molar-refractivity contribution in [3.8, 4) is 23.1 Å². The monoisotopic (exact) mass is 930 g/mol. The summed E-state index contributed by atoms with van der Waals surface area (Å²) in [5.74, 6) is 2.01. The Morgan fingerprint density at radius 3 is 1.61 bits per heavy atom. The van der Waals surface area contributed by atoms with Crippen LogP contribution in [0, 0.1) is 41.5 Å². The lowest BCUT2D eigenvalue weighted by Crippen LogP contribution is -2.15. The number of nitrogens with one attached hydrogen (secondary N) is 2. The van der Waals surface area contributed by atoms with Gasteiger partial charge in [0, 0.05) is 40.0 Å². The highest BCUT2D eigenvalue weighted by atomic mass is 16.5. The normalized spacial score (nSPS) is 10.9. The first-order valence-corrected chi connectivity index (χ1v) is 23.7. The molecule has 10 aromatic rings. The molecule has 6 heterocycles. The molecule has 10 rings (SSSR count). The first-order valence-electron chi connectivity index (χ1n) is 23.7. The van der Waals surface area contributed by atoms with Crippen molar-refractivity contribution in [1.29, 1.82) is 0 Å². The molecule has 0 aliphatic heterocycles. The molecule has 6 aromatic heterocycles. The van der Waals surface area contributed by atoms with E-state index in [9.17, 15) is 9.59 Å². The van der Waals surface area contributed by atoms with E-state index in [1.165, 1.54) is 11.1 Å². The number of hydrogen-bond donors (Lipinski definition) is 2. The van der Waals surface area contributed by atoms with Gasteiger partial charge in [0.25, 0.3) is 0 Å². The second-order valence-electron chi connectivity index (χ2n) is 16.9. The fraction of sp³-hybridized carbons (Fsp3) is 0.207. The number of para-hydroxylation sites is 2. The van der Waals surface area contributed by atoms with E-state index < -0.39 is 0 Å². The van der Waals surface area contributed by atoms with Crippen molar-refractivity contribution in [2.75, 3.05) is 23.8 Å². The minimum atomic E-state index is -0.179. The molecule has 0 atom stereocenters. The van der Waals surface area contributed by atoms with Crippen LogP contribution in [-0.4, -0.2) is 42.3 Å². The van der Waals surface area contributed by atoms with Gasteiger partial charge in [0.15, 0.2) is 10.9 Å². The summed E-state index contributed by atoms with van der Waals surface area (Å²) in [6.07, 6.45) is 3.58. The van der Waals surface area contributed by atoms with Crippen LogP contribution in [0.3, 0.4) is 0 Å². The van der Waals surface area contributed by atoms with Crippen molar-refractivity contribution < 1.29 is 9.47 Å². The molecule has 0 fully saturated rings. The van der Waals surface area contributed by atoms with Crippen LogP contribution in [-0.2, 0) is 0 Å². The van der Waals surface area contributed by atoms with Gasteiger partial charge in [0.2, 0.25) is 11.8 Å². The molecule has 12 nitrogen and oxygen atoms in total. The van der Waals surface area contributed by atoms with Gasteiger partial charge >= 0.3 is 0 Å². The zero-order chi connectivity index (χ0) is 49.6. The van der Waals surface area contributed by atoms with Gasteiger partial charge in [0.1, 0.15) is 22.4 Å². The van der Waals surface area contributed by atoms with E-state index in [-0.39, 0.29) is 10.9 Å². The van der Waals surface area contributed by atoms with Crippen LogP contribution in [0.4, 0.5) is 23.0 Å². The van der Waals surface area contributed by atoms with E-state index in [0.717, 1.165) is 72.6 Å². The quantitative estimate of drug-likeness (QED) is 0.136. The van der Waals surface area contributed by atoms with Crippen LogP contribution < -0.4 is 31.0 Å². The Hall–Kier alpha value is -8.38. The van der Waals surface area contributed by atoms with Crippen molar-refractivity contribution in [1.82, 2.24) is 29.1 Å². The summed E-state index contributed by atoms with van der Waals surface area (Å²) in [6, 6.07) is 39.6. The highest BCUT2D eigenvalue weighted by molar-refractivity contribution is 5.91. The molecule has 4 aromatic carbocycles. The molecular weight excluding hydrogens is 873 g/mol. The number of anilines is 4. The summed E-state index contributed by atoms with van der Waals surface area (Å²) >= 11 is 0. The zero-order valence-corrected chi connectivity index (χ0v) is 41.4. The highest BCUT2D eigenvalue weighted by Gasteiger charge is 2.20. The molecule has 0 radical (unpaired) electrons. The third kappa shape index (κ3) is 9.93. The third-order valence-corrected chi connectivity index (χ3v) is 11.7. The number of ether oxygens (including phenoxy) is 2. The molecule has 70 heavy (non-hydrogen) atoms. The lowest BCUT2D eigenvalue weighted by Gasteiger charge is -2.22. The Labute approximate surface area is 407 Å². The number of rotatable bonds is 10. The minimum absolute atomic E-state index is 0.121. The van der Waals surface area contributed by atoms with E-state index in [2.05, 4.69) is 105 Å². The molecule has 12 heteroatoms. The predicted octanol–water partition coefficient (Wildman–Crippen LogP) is 13.0. The van der Waals surface area contributed by atoms with E-state index >= 15 is 0 Å². The second kappa shape index (κ2) is 20.9. The van der Waals surface area contributed by atoms with Gasteiger partial charge < -0.3 is 20.1 Å². The summed E-state index contributed by atoms with van der Waals surface area (Å²) in [6.45, 7) is 20.7. The standard InChI is InChI=1S/C29H23N5O2.C27H29N3O2.C2H6/c1-3-36-29-28-25(12-18(2)32-29)34(22-14-20-9-5-7-11-24(20)31-17-22)27(15-26(28)35)33-21-13-19-8-4-6-10-23(19)30-16-21;1-7-32-27-26-23(14-20(6)28-27)30(22-11-9-17(3)13-19(22)5)25(15-24(26)31)29-21-10-8-16(2)12-18(21)4;1-2/h4-17,33H,3H2,1-2H3;8-15,29H,7H2,1-6H3;1-2H3. The van der Waals surface area contributed by atoms with Crippen LogP contribution in [0.15, 0.2) is 143 Å². The van der Waals surface area contributed by atoms with Crippen molar-refractivity contribution in [3.63, 3.8) is 0 Å². The van der Waals surface area contributed by atoms with Gasteiger partial charge in [-0.15, -0.1) is 0 Å². The summed E-state index contributed by atoms with van der Waals surface area (Å²) in [5.41, 5.74) is 12.7. The van der Waals surface area contributed by atoms with Crippen LogP contribution in [0.2, 0.25) is 0 Å². The molecule has 2 N–H and O–H groups in total. The van der Waals surface area contributed by atoms with E-state index in [0.29, 0.717) is 52.9 Å². The summed E-state index contributed by atoms with van der Waals surface area (Å²) in [7, 11) is 0. The number of aromatic nitrogens is 6. The first kappa shape index (κ1) is 48.1.